The highest BCUT2D eigenvalue weighted by molar-refractivity contribution is 5.99. The maximum Gasteiger partial charge on any atom is 0.253 e. The third-order valence-corrected chi connectivity index (χ3v) is 3.61. The lowest BCUT2D eigenvalue weighted by Gasteiger charge is -2.29. The van der Waals surface area contributed by atoms with E-state index < -0.39 is 0 Å². The summed E-state index contributed by atoms with van der Waals surface area (Å²) in [5, 5.41) is 3.24. The number of piperazine rings is 1. The van der Waals surface area contributed by atoms with Crippen LogP contribution in [0.3, 0.4) is 0 Å². The Morgan fingerprint density at radius 1 is 1.35 bits per heavy atom. The van der Waals surface area contributed by atoms with E-state index in [1.165, 1.54) is 0 Å². The van der Waals surface area contributed by atoms with Crippen LogP contribution >= 0.6 is 0 Å². The van der Waals surface area contributed by atoms with Gasteiger partial charge in [-0.1, -0.05) is 0 Å². The number of hydrogen-bond donors (Lipinski definition) is 1. The lowest BCUT2D eigenvalue weighted by molar-refractivity contribution is -0.128. The number of nitrogens with one attached hydrogen (secondary N) is 1. The summed E-state index contributed by atoms with van der Waals surface area (Å²) < 4.78 is 10.9. The Hall–Kier alpha value is -2.01. The lowest BCUT2D eigenvalue weighted by Crippen LogP contribution is -2.47. The molecule has 106 valence electrons. The number of hydrogen-bond acceptors (Lipinski definition) is 4. The normalized spacial score (nSPS) is 17.9. The molecule has 0 saturated carbocycles. The van der Waals surface area contributed by atoms with Crippen molar-refractivity contribution in [1.82, 2.24) is 10.2 Å². The molecule has 0 aromatic heterocycles. The van der Waals surface area contributed by atoms with Crippen LogP contribution in [0.15, 0.2) is 23.8 Å². The molecule has 0 unspecified atom stereocenters. The average Bonchev–Trinajstić information content (AvgIpc) is 2.54. The molecular weight excluding hydrogens is 256 g/mol. The van der Waals surface area contributed by atoms with Crippen LogP contribution in [-0.4, -0.2) is 50.7 Å². The van der Waals surface area contributed by atoms with Crippen molar-refractivity contribution in [1.29, 1.82) is 0 Å². The molecule has 1 aromatic rings. The Balaban J connectivity index is 1.83. The fourth-order valence-corrected chi connectivity index (χ4v) is 2.48. The SMILES string of the molecule is COc1ccc2c(c1)C=C(C(=O)N1CCNCC1)CO2. The van der Waals surface area contributed by atoms with Crippen molar-refractivity contribution in [2.45, 2.75) is 0 Å². The quantitative estimate of drug-likeness (QED) is 0.870. The molecule has 5 heteroatoms. The van der Waals surface area contributed by atoms with Crippen molar-refractivity contribution >= 4 is 12.0 Å². The van der Waals surface area contributed by atoms with E-state index >= 15 is 0 Å². The molecule has 0 spiro atoms. The zero-order valence-corrected chi connectivity index (χ0v) is 11.5. The Bertz CT molecular complexity index is 548. The van der Waals surface area contributed by atoms with Crippen LogP contribution in [0, 0.1) is 0 Å². The lowest BCUT2D eigenvalue weighted by atomic mass is 10.1. The maximum atomic E-state index is 12.4. The Kier molecular flexibility index (Phi) is 3.60. The molecule has 2 aliphatic heterocycles. The first-order valence-electron chi connectivity index (χ1n) is 6.79. The number of nitrogens with zero attached hydrogens (tertiary/aromatic N) is 1. The highest BCUT2D eigenvalue weighted by atomic mass is 16.5. The molecule has 0 radical (unpaired) electrons. The monoisotopic (exact) mass is 274 g/mol. The van der Waals surface area contributed by atoms with Crippen LogP contribution in [-0.2, 0) is 4.79 Å². The topological polar surface area (TPSA) is 50.8 Å². The molecule has 2 aliphatic rings. The van der Waals surface area contributed by atoms with E-state index in [9.17, 15) is 4.79 Å². The molecule has 1 saturated heterocycles. The van der Waals surface area contributed by atoms with Gasteiger partial charge in [0.15, 0.2) is 0 Å². The molecule has 5 nitrogen and oxygen atoms in total. The third-order valence-electron chi connectivity index (χ3n) is 3.61. The molecule has 0 bridgehead atoms. The van der Waals surface area contributed by atoms with Gasteiger partial charge in [-0.2, -0.15) is 0 Å². The fourth-order valence-electron chi connectivity index (χ4n) is 2.48. The maximum absolute atomic E-state index is 12.4. The summed E-state index contributed by atoms with van der Waals surface area (Å²) in [6.07, 6.45) is 1.91. The highest BCUT2D eigenvalue weighted by Gasteiger charge is 2.23. The van der Waals surface area contributed by atoms with Crippen molar-refractivity contribution in [3.05, 3.63) is 29.3 Å². The smallest absolute Gasteiger partial charge is 0.253 e. The summed E-state index contributed by atoms with van der Waals surface area (Å²) in [7, 11) is 1.63. The summed E-state index contributed by atoms with van der Waals surface area (Å²) in [6.45, 7) is 3.54. The number of carbonyl (C=O) groups is 1. The van der Waals surface area contributed by atoms with Crippen LogP contribution in [0.4, 0.5) is 0 Å². The molecule has 0 aliphatic carbocycles. The highest BCUT2D eigenvalue weighted by Crippen LogP contribution is 2.30. The zero-order valence-electron chi connectivity index (χ0n) is 11.5. The first-order valence-corrected chi connectivity index (χ1v) is 6.79. The second kappa shape index (κ2) is 5.54. The Labute approximate surface area is 118 Å². The first-order chi connectivity index (χ1) is 9.78. The van der Waals surface area contributed by atoms with Crippen molar-refractivity contribution in [2.75, 3.05) is 39.9 Å². The number of benzene rings is 1. The van der Waals surface area contributed by atoms with Gasteiger partial charge in [-0.25, -0.2) is 0 Å². The minimum atomic E-state index is 0.0694. The second-order valence-corrected chi connectivity index (χ2v) is 4.90. The fraction of sp³-hybridized carbons (Fsp3) is 0.400. The van der Waals surface area contributed by atoms with E-state index in [-0.39, 0.29) is 5.91 Å². The van der Waals surface area contributed by atoms with Gasteiger partial charge in [0.2, 0.25) is 0 Å². The molecule has 3 rings (SSSR count). The molecule has 1 aromatic carbocycles. The molecule has 2 heterocycles. The van der Waals surface area contributed by atoms with Gasteiger partial charge in [0, 0.05) is 31.7 Å². The number of rotatable bonds is 2. The Morgan fingerprint density at radius 3 is 2.90 bits per heavy atom. The predicted molar refractivity (Wildman–Crippen MR) is 75.9 cm³/mol. The summed E-state index contributed by atoms with van der Waals surface area (Å²) in [5.41, 5.74) is 1.60. The summed E-state index contributed by atoms with van der Waals surface area (Å²) in [4.78, 5) is 14.3. The van der Waals surface area contributed by atoms with E-state index in [4.69, 9.17) is 9.47 Å². The number of fused-ring (bicyclic) bond motifs is 1. The minimum Gasteiger partial charge on any atom is -0.497 e. The van der Waals surface area contributed by atoms with Crippen LogP contribution in [0.1, 0.15) is 5.56 Å². The first kappa shape index (κ1) is 13.0. The van der Waals surface area contributed by atoms with Gasteiger partial charge in [-0.15, -0.1) is 0 Å². The van der Waals surface area contributed by atoms with Crippen LogP contribution in [0.2, 0.25) is 0 Å². The van der Waals surface area contributed by atoms with E-state index in [1.54, 1.807) is 7.11 Å². The Morgan fingerprint density at radius 2 is 2.15 bits per heavy atom. The zero-order chi connectivity index (χ0) is 13.9. The predicted octanol–water partition coefficient (Wildman–Crippen LogP) is 0.903. The third kappa shape index (κ3) is 2.49. The van der Waals surface area contributed by atoms with Gasteiger partial charge in [0.25, 0.3) is 5.91 Å². The minimum absolute atomic E-state index is 0.0694. The van der Waals surface area contributed by atoms with E-state index in [2.05, 4.69) is 5.32 Å². The molecule has 1 amide bonds. The number of amides is 1. The summed E-state index contributed by atoms with van der Waals surface area (Å²) in [5.74, 6) is 1.63. The van der Waals surface area contributed by atoms with Crippen molar-refractivity contribution in [3.63, 3.8) is 0 Å². The standard InChI is InChI=1S/C15H18N2O3/c1-19-13-2-3-14-11(9-13)8-12(10-20-14)15(18)17-6-4-16-5-7-17/h2-3,8-9,16H,4-7,10H2,1H3. The largest absolute Gasteiger partial charge is 0.497 e. The van der Waals surface area contributed by atoms with Crippen LogP contribution in [0.25, 0.3) is 6.08 Å². The second-order valence-electron chi connectivity index (χ2n) is 4.90. The average molecular weight is 274 g/mol. The number of ether oxygens (including phenoxy) is 2. The van der Waals surface area contributed by atoms with Gasteiger partial charge in [-0.3, -0.25) is 4.79 Å². The van der Waals surface area contributed by atoms with Crippen LogP contribution < -0.4 is 14.8 Å². The van der Waals surface area contributed by atoms with Gasteiger partial charge in [0.05, 0.1) is 12.7 Å². The van der Waals surface area contributed by atoms with E-state index in [1.807, 2.05) is 29.2 Å². The van der Waals surface area contributed by atoms with Crippen molar-refractivity contribution < 1.29 is 14.3 Å². The molecule has 1 N–H and O–H groups in total. The van der Waals surface area contributed by atoms with Gasteiger partial charge in [0.1, 0.15) is 18.1 Å². The number of methoxy groups -OCH3 is 1. The summed E-state index contributed by atoms with van der Waals surface area (Å²) >= 11 is 0. The van der Waals surface area contributed by atoms with Gasteiger partial charge >= 0.3 is 0 Å². The number of carbonyl (C=O) groups excluding carboxylic acids is 1. The van der Waals surface area contributed by atoms with E-state index in [0.717, 1.165) is 43.2 Å². The summed E-state index contributed by atoms with van der Waals surface area (Å²) in [6, 6.07) is 5.62. The van der Waals surface area contributed by atoms with Crippen molar-refractivity contribution in [3.8, 4) is 11.5 Å². The van der Waals surface area contributed by atoms with Crippen molar-refractivity contribution in [2.24, 2.45) is 0 Å². The van der Waals surface area contributed by atoms with Gasteiger partial charge in [-0.05, 0) is 24.3 Å². The molecule has 1 fully saturated rings. The van der Waals surface area contributed by atoms with E-state index in [0.29, 0.717) is 12.2 Å². The molecule has 20 heavy (non-hydrogen) atoms. The van der Waals surface area contributed by atoms with Gasteiger partial charge < -0.3 is 19.7 Å². The molecular formula is C15H18N2O3. The molecule has 0 atom stereocenters. The van der Waals surface area contributed by atoms with Crippen LogP contribution in [0.5, 0.6) is 11.5 Å².